The smallest absolute Gasteiger partial charge is 0.000799 e. The minimum Gasteiger partial charge on any atom is -0.319 e. The predicted octanol–water partition coefficient (Wildman–Crippen LogP) is 3.32. The molecule has 0 bridgehead atoms. The summed E-state index contributed by atoms with van der Waals surface area (Å²) in [6.45, 7) is 3.40. The quantitative estimate of drug-likeness (QED) is 0.816. The van der Waals surface area contributed by atoms with E-state index in [0.717, 1.165) is 0 Å². The SMILES string of the molecule is CNCC1(Cc2ccccc2C)CCCC1. The third-order valence-corrected chi connectivity index (χ3v) is 4.04. The molecular weight excluding hydrogens is 194 g/mol. The minimum absolute atomic E-state index is 0.529. The van der Waals surface area contributed by atoms with Gasteiger partial charge in [-0.3, -0.25) is 0 Å². The lowest BCUT2D eigenvalue weighted by Crippen LogP contribution is -2.32. The van der Waals surface area contributed by atoms with Gasteiger partial charge in [-0.25, -0.2) is 0 Å². The van der Waals surface area contributed by atoms with Gasteiger partial charge in [-0.2, -0.15) is 0 Å². The number of rotatable bonds is 4. The van der Waals surface area contributed by atoms with Gasteiger partial charge in [-0.1, -0.05) is 37.1 Å². The summed E-state index contributed by atoms with van der Waals surface area (Å²) in [5, 5.41) is 3.39. The summed E-state index contributed by atoms with van der Waals surface area (Å²) in [5.74, 6) is 0. The van der Waals surface area contributed by atoms with Gasteiger partial charge in [0.15, 0.2) is 0 Å². The summed E-state index contributed by atoms with van der Waals surface area (Å²) in [5.41, 5.74) is 3.52. The van der Waals surface area contributed by atoms with Crippen molar-refractivity contribution in [1.29, 1.82) is 0 Å². The van der Waals surface area contributed by atoms with Gasteiger partial charge in [0.25, 0.3) is 0 Å². The van der Waals surface area contributed by atoms with Crippen LogP contribution in [-0.2, 0) is 6.42 Å². The Balaban J connectivity index is 2.14. The van der Waals surface area contributed by atoms with Gasteiger partial charge < -0.3 is 5.32 Å². The molecule has 1 saturated carbocycles. The third-order valence-electron chi connectivity index (χ3n) is 4.04. The van der Waals surface area contributed by atoms with Crippen molar-refractivity contribution in [2.45, 2.75) is 39.0 Å². The zero-order chi connectivity index (χ0) is 11.4. The molecule has 0 saturated heterocycles. The molecule has 2 rings (SSSR count). The molecule has 1 aliphatic carbocycles. The van der Waals surface area contributed by atoms with Crippen LogP contribution in [0.15, 0.2) is 24.3 Å². The molecule has 0 atom stereocenters. The molecule has 0 radical (unpaired) electrons. The first-order valence-electron chi connectivity index (χ1n) is 6.45. The predicted molar refractivity (Wildman–Crippen MR) is 69.7 cm³/mol. The number of hydrogen-bond donors (Lipinski definition) is 1. The first-order valence-corrected chi connectivity index (χ1v) is 6.45. The van der Waals surface area contributed by atoms with Gasteiger partial charge in [0.2, 0.25) is 0 Å². The highest BCUT2D eigenvalue weighted by Gasteiger charge is 2.33. The van der Waals surface area contributed by atoms with Crippen LogP contribution >= 0.6 is 0 Å². The normalized spacial score (nSPS) is 18.9. The summed E-state index contributed by atoms with van der Waals surface area (Å²) < 4.78 is 0. The molecule has 1 fully saturated rings. The molecule has 88 valence electrons. The average molecular weight is 217 g/mol. The second-order valence-electron chi connectivity index (χ2n) is 5.34. The van der Waals surface area contributed by atoms with Gasteiger partial charge in [0.1, 0.15) is 0 Å². The fourth-order valence-electron chi connectivity index (χ4n) is 3.13. The Morgan fingerprint density at radius 1 is 1.19 bits per heavy atom. The van der Waals surface area contributed by atoms with Gasteiger partial charge in [-0.05, 0) is 49.8 Å². The Bertz CT molecular complexity index is 337. The van der Waals surface area contributed by atoms with E-state index < -0.39 is 0 Å². The van der Waals surface area contributed by atoms with Crippen molar-refractivity contribution in [2.75, 3.05) is 13.6 Å². The van der Waals surface area contributed by atoms with Crippen molar-refractivity contribution < 1.29 is 0 Å². The van der Waals surface area contributed by atoms with Crippen molar-refractivity contribution in [3.8, 4) is 0 Å². The molecule has 1 nitrogen and oxygen atoms in total. The molecule has 0 aliphatic heterocycles. The minimum atomic E-state index is 0.529. The summed E-state index contributed by atoms with van der Waals surface area (Å²) >= 11 is 0. The second kappa shape index (κ2) is 5.01. The maximum Gasteiger partial charge on any atom is 0.000799 e. The number of aryl methyl sites for hydroxylation is 1. The maximum atomic E-state index is 3.39. The fraction of sp³-hybridized carbons (Fsp3) is 0.600. The van der Waals surface area contributed by atoms with Crippen molar-refractivity contribution in [3.63, 3.8) is 0 Å². The van der Waals surface area contributed by atoms with E-state index in [0.29, 0.717) is 5.41 Å². The molecular formula is C15H23N. The molecule has 16 heavy (non-hydrogen) atoms. The van der Waals surface area contributed by atoms with E-state index in [1.165, 1.54) is 44.2 Å². The van der Waals surface area contributed by atoms with Crippen LogP contribution in [0.25, 0.3) is 0 Å². The number of hydrogen-bond acceptors (Lipinski definition) is 1. The van der Waals surface area contributed by atoms with Gasteiger partial charge in [0, 0.05) is 6.54 Å². The van der Waals surface area contributed by atoms with E-state index in [9.17, 15) is 0 Å². The Kier molecular flexibility index (Phi) is 3.65. The van der Waals surface area contributed by atoms with Crippen molar-refractivity contribution in [2.24, 2.45) is 5.41 Å². The lowest BCUT2D eigenvalue weighted by atomic mass is 9.79. The molecule has 1 N–H and O–H groups in total. The zero-order valence-electron chi connectivity index (χ0n) is 10.6. The van der Waals surface area contributed by atoms with Crippen molar-refractivity contribution in [1.82, 2.24) is 5.32 Å². The second-order valence-corrected chi connectivity index (χ2v) is 5.34. The summed E-state index contributed by atoms with van der Waals surface area (Å²) in [7, 11) is 2.08. The maximum absolute atomic E-state index is 3.39. The first-order chi connectivity index (χ1) is 7.76. The third kappa shape index (κ3) is 2.46. The van der Waals surface area contributed by atoms with Gasteiger partial charge in [-0.15, -0.1) is 0 Å². The van der Waals surface area contributed by atoms with E-state index in [1.54, 1.807) is 5.56 Å². The summed E-state index contributed by atoms with van der Waals surface area (Å²) in [6.07, 6.45) is 6.85. The van der Waals surface area contributed by atoms with Gasteiger partial charge >= 0.3 is 0 Å². The highest BCUT2D eigenvalue weighted by atomic mass is 14.8. The largest absolute Gasteiger partial charge is 0.319 e. The Morgan fingerprint density at radius 3 is 2.50 bits per heavy atom. The molecule has 0 amide bonds. The van der Waals surface area contributed by atoms with Crippen LogP contribution in [0, 0.1) is 12.3 Å². The Hall–Kier alpha value is -0.820. The molecule has 1 aliphatic rings. The highest BCUT2D eigenvalue weighted by molar-refractivity contribution is 5.27. The standard InChI is InChI=1S/C15H23N/c1-13-7-3-4-8-14(13)11-15(12-16-2)9-5-6-10-15/h3-4,7-8,16H,5-6,9-12H2,1-2H3. The molecule has 0 aromatic heterocycles. The van der Waals surface area contributed by atoms with Crippen LogP contribution in [0.3, 0.4) is 0 Å². The zero-order valence-corrected chi connectivity index (χ0v) is 10.6. The lowest BCUT2D eigenvalue weighted by molar-refractivity contribution is 0.285. The van der Waals surface area contributed by atoms with E-state index in [4.69, 9.17) is 0 Å². The van der Waals surface area contributed by atoms with Crippen LogP contribution in [0.5, 0.6) is 0 Å². The van der Waals surface area contributed by atoms with Gasteiger partial charge in [0.05, 0.1) is 0 Å². The number of nitrogens with one attached hydrogen (secondary N) is 1. The fourth-order valence-corrected chi connectivity index (χ4v) is 3.13. The van der Waals surface area contributed by atoms with Crippen molar-refractivity contribution >= 4 is 0 Å². The van der Waals surface area contributed by atoms with E-state index in [1.807, 2.05) is 0 Å². The van der Waals surface area contributed by atoms with Crippen molar-refractivity contribution in [3.05, 3.63) is 35.4 Å². The monoisotopic (exact) mass is 217 g/mol. The van der Waals surface area contributed by atoms with Crippen LogP contribution < -0.4 is 5.32 Å². The first kappa shape index (κ1) is 11.7. The topological polar surface area (TPSA) is 12.0 Å². The Labute approximate surface area is 99.3 Å². The molecule has 1 aromatic carbocycles. The van der Waals surface area contributed by atoms with E-state index in [-0.39, 0.29) is 0 Å². The lowest BCUT2D eigenvalue weighted by Gasteiger charge is -2.29. The highest BCUT2D eigenvalue weighted by Crippen LogP contribution is 2.40. The average Bonchev–Trinajstić information content (AvgIpc) is 2.71. The van der Waals surface area contributed by atoms with E-state index >= 15 is 0 Å². The van der Waals surface area contributed by atoms with Crippen LogP contribution in [0.1, 0.15) is 36.8 Å². The van der Waals surface area contributed by atoms with Crippen LogP contribution in [-0.4, -0.2) is 13.6 Å². The Morgan fingerprint density at radius 2 is 1.88 bits per heavy atom. The van der Waals surface area contributed by atoms with Crippen LogP contribution in [0.4, 0.5) is 0 Å². The summed E-state index contributed by atoms with van der Waals surface area (Å²) in [4.78, 5) is 0. The molecule has 1 aromatic rings. The molecule has 0 unspecified atom stereocenters. The molecule has 0 spiro atoms. The molecule has 0 heterocycles. The molecule has 1 heteroatoms. The van der Waals surface area contributed by atoms with Crippen LogP contribution in [0.2, 0.25) is 0 Å². The summed E-state index contributed by atoms with van der Waals surface area (Å²) in [6, 6.07) is 8.84. The number of benzene rings is 1. The van der Waals surface area contributed by atoms with E-state index in [2.05, 4.69) is 43.6 Å².